The highest BCUT2D eigenvalue weighted by atomic mass is 32.2. The van der Waals surface area contributed by atoms with Gasteiger partial charge < -0.3 is 20.0 Å². The van der Waals surface area contributed by atoms with E-state index in [1.54, 1.807) is 37.0 Å². The van der Waals surface area contributed by atoms with E-state index in [-0.39, 0.29) is 5.91 Å². The number of aliphatic imine (C=N–C) groups is 1. The van der Waals surface area contributed by atoms with Crippen LogP contribution in [0.1, 0.15) is 21.7 Å². The summed E-state index contributed by atoms with van der Waals surface area (Å²) in [5.41, 5.74) is 1.84. The fourth-order valence-corrected chi connectivity index (χ4v) is 2.90. The summed E-state index contributed by atoms with van der Waals surface area (Å²) in [6, 6.07) is 11.7. The molecule has 0 fully saturated rings. The van der Waals surface area contributed by atoms with Gasteiger partial charge in [0.2, 0.25) is 0 Å². The number of nitrogens with zero attached hydrogens (tertiary/aromatic N) is 2. The zero-order valence-corrected chi connectivity index (χ0v) is 17.7. The summed E-state index contributed by atoms with van der Waals surface area (Å²) >= 11 is 1.78. The molecule has 28 heavy (non-hydrogen) atoms. The van der Waals surface area contributed by atoms with Crippen molar-refractivity contribution in [2.45, 2.75) is 12.8 Å². The van der Waals surface area contributed by atoms with E-state index in [1.165, 1.54) is 0 Å². The summed E-state index contributed by atoms with van der Waals surface area (Å²) in [6.45, 7) is 2.26. The van der Waals surface area contributed by atoms with Crippen molar-refractivity contribution < 1.29 is 9.21 Å². The fourth-order valence-electron chi connectivity index (χ4n) is 2.63. The van der Waals surface area contributed by atoms with Crippen LogP contribution in [0.3, 0.4) is 0 Å². The van der Waals surface area contributed by atoms with Gasteiger partial charge in [0.25, 0.3) is 5.91 Å². The van der Waals surface area contributed by atoms with Crippen molar-refractivity contribution in [1.29, 1.82) is 0 Å². The standard InChI is InChI=1S/C21H30N4O2S/c1-25(2)20(26)18-7-4-6-17(16-18)9-11-22-21(24-13-15-28-3)23-12-10-19-8-5-14-27-19/h4-8,14,16H,9-13,15H2,1-3H3,(H2,22,23,24). The fraction of sp³-hybridized carbons (Fsp3) is 0.429. The lowest BCUT2D eigenvalue weighted by Crippen LogP contribution is -2.39. The lowest BCUT2D eigenvalue weighted by atomic mass is 10.1. The van der Waals surface area contributed by atoms with Crippen molar-refractivity contribution in [3.8, 4) is 0 Å². The van der Waals surface area contributed by atoms with Gasteiger partial charge in [0.1, 0.15) is 5.76 Å². The molecule has 0 spiro atoms. The van der Waals surface area contributed by atoms with E-state index in [9.17, 15) is 4.79 Å². The number of furan rings is 1. The highest BCUT2D eigenvalue weighted by molar-refractivity contribution is 7.98. The van der Waals surface area contributed by atoms with Gasteiger partial charge in [0.05, 0.1) is 12.8 Å². The molecule has 2 aromatic rings. The summed E-state index contributed by atoms with van der Waals surface area (Å²) in [6.07, 6.45) is 5.39. The summed E-state index contributed by atoms with van der Waals surface area (Å²) < 4.78 is 5.37. The normalized spacial score (nSPS) is 11.3. The molecule has 2 N–H and O–H groups in total. The topological polar surface area (TPSA) is 69.9 Å². The van der Waals surface area contributed by atoms with E-state index in [1.807, 2.05) is 36.4 Å². The molecule has 0 atom stereocenters. The lowest BCUT2D eigenvalue weighted by molar-refractivity contribution is 0.0827. The first-order chi connectivity index (χ1) is 13.6. The molecule has 0 bridgehead atoms. The van der Waals surface area contributed by atoms with Crippen molar-refractivity contribution in [3.05, 3.63) is 59.5 Å². The first-order valence-electron chi connectivity index (χ1n) is 9.44. The molecule has 1 amide bonds. The Balaban J connectivity index is 1.85. The van der Waals surface area contributed by atoms with E-state index in [2.05, 4.69) is 21.9 Å². The minimum absolute atomic E-state index is 0.0220. The Morgan fingerprint density at radius 3 is 2.61 bits per heavy atom. The van der Waals surface area contributed by atoms with Crippen LogP contribution in [0.25, 0.3) is 0 Å². The number of thioether (sulfide) groups is 1. The third-order valence-corrected chi connectivity index (χ3v) is 4.69. The van der Waals surface area contributed by atoms with Crippen molar-refractivity contribution in [1.82, 2.24) is 15.5 Å². The average molecular weight is 403 g/mol. The Hall–Kier alpha value is -2.41. The molecule has 0 aliphatic rings. The molecule has 7 heteroatoms. The van der Waals surface area contributed by atoms with Crippen LogP contribution >= 0.6 is 11.8 Å². The molecule has 0 radical (unpaired) electrons. The smallest absolute Gasteiger partial charge is 0.253 e. The number of benzene rings is 1. The lowest BCUT2D eigenvalue weighted by Gasteiger charge is -2.13. The first-order valence-corrected chi connectivity index (χ1v) is 10.8. The van der Waals surface area contributed by atoms with Crippen LogP contribution in [0.15, 0.2) is 52.1 Å². The number of carbonyl (C=O) groups is 1. The minimum Gasteiger partial charge on any atom is -0.469 e. The van der Waals surface area contributed by atoms with E-state index in [0.717, 1.165) is 55.5 Å². The Morgan fingerprint density at radius 1 is 1.14 bits per heavy atom. The highest BCUT2D eigenvalue weighted by Crippen LogP contribution is 2.07. The van der Waals surface area contributed by atoms with Gasteiger partial charge in [0, 0.05) is 44.9 Å². The number of rotatable bonds is 10. The second-order valence-electron chi connectivity index (χ2n) is 6.56. The monoisotopic (exact) mass is 402 g/mol. The molecule has 1 heterocycles. The quantitative estimate of drug-likeness (QED) is 0.363. The number of amides is 1. The van der Waals surface area contributed by atoms with Crippen molar-refractivity contribution in [2.75, 3.05) is 45.7 Å². The SMILES string of the molecule is CSCCN=C(NCCc1cccc(C(=O)N(C)C)c1)NCCc1ccco1. The van der Waals surface area contributed by atoms with Gasteiger partial charge in [-0.2, -0.15) is 11.8 Å². The molecule has 0 unspecified atom stereocenters. The van der Waals surface area contributed by atoms with Gasteiger partial charge >= 0.3 is 0 Å². The van der Waals surface area contributed by atoms with Crippen molar-refractivity contribution >= 4 is 23.6 Å². The number of hydrogen-bond donors (Lipinski definition) is 2. The van der Waals surface area contributed by atoms with Gasteiger partial charge in [-0.15, -0.1) is 0 Å². The van der Waals surface area contributed by atoms with Crippen molar-refractivity contribution in [3.63, 3.8) is 0 Å². The molecular formula is C21H30N4O2S. The Labute approximate surface area is 171 Å². The Bertz CT molecular complexity index is 745. The highest BCUT2D eigenvalue weighted by Gasteiger charge is 2.08. The van der Waals surface area contributed by atoms with Crippen LogP contribution in [-0.2, 0) is 12.8 Å². The molecule has 152 valence electrons. The third-order valence-electron chi connectivity index (χ3n) is 4.10. The van der Waals surface area contributed by atoms with Crippen LogP contribution < -0.4 is 10.6 Å². The molecule has 6 nitrogen and oxygen atoms in total. The molecule has 0 saturated carbocycles. The van der Waals surface area contributed by atoms with Crippen LogP contribution in [0.4, 0.5) is 0 Å². The number of guanidine groups is 1. The van der Waals surface area contributed by atoms with Gasteiger partial charge in [-0.25, -0.2) is 0 Å². The van der Waals surface area contributed by atoms with Crippen LogP contribution in [0.2, 0.25) is 0 Å². The van der Waals surface area contributed by atoms with Gasteiger partial charge in [-0.1, -0.05) is 12.1 Å². The maximum Gasteiger partial charge on any atom is 0.253 e. The van der Waals surface area contributed by atoms with Crippen LogP contribution in [0.5, 0.6) is 0 Å². The van der Waals surface area contributed by atoms with E-state index >= 15 is 0 Å². The zero-order chi connectivity index (χ0) is 20.2. The number of hydrogen-bond acceptors (Lipinski definition) is 4. The van der Waals surface area contributed by atoms with Crippen molar-refractivity contribution in [2.24, 2.45) is 4.99 Å². The van der Waals surface area contributed by atoms with E-state index in [0.29, 0.717) is 5.56 Å². The minimum atomic E-state index is 0.0220. The predicted octanol–water partition coefficient (Wildman–Crippen LogP) is 2.66. The van der Waals surface area contributed by atoms with Crippen LogP contribution in [0, 0.1) is 0 Å². The zero-order valence-electron chi connectivity index (χ0n) is 16.9. The summed E-state index contributed by atoms with van der Waals surface area (Å²) in [5.74, 6) is 2.77. The molecule has 1 aromatic heterocycles. The summed E-state index contributed by atoms with van der Waals surface area (Å²) in [4.78, 5) is 18.3. The van der Waals surface area contributed by atoms with Gasteiger partial charge in [-0.3, -0.25) is 9.79 Å². The van der Waals surface area contributed by atoms with E-state index in [4.69, 9.17) is 4.42 Å². The summed E-state index contributed by atoms with van der Waals surface area (Å²) in [5, 5.41) is 6.74. The summed E-state index contributed by atoms with van der Waals surface area (Å²) in [7, 11) is 3.53. The molecule has 0 aliphatic heterocycles. The number of carbonyl (C=O) groups excluding carboxylic acids is 1. The van der Waals surface area contributed by atoms with Crippen LogP contribution in [-0.4, -0.2) is 62.5 Å². The Morgan fingerprint density at radius 2 is 1.93 bits per heavy atom. The first kappa shape index (κ1) is 21.9. The average Bonchev–Trinajstić information content (AvgIpc) is 3.21. The molecule has 0 saturated heterocycles. The molecule has 2 rings (SSSR count). The maximum absolute atomic E-state index is 12.1. The Kier molecular flexibility index (Phi) is 9.48. The molecule has 1 aromatic carbocycles. The predicted molar refractivity (Wildman–Crippen MR) is 117 cm³/mol. The van der Waals surface area contributed by atoms with Gasteiger partial charge in [-0.05, 0) is 42.5 Å². The maximum atomic E-state index is 12.1. The second-order valence-corrected chi connectivity index (χ2v) is 7.54. The largest absolute Gasteiger partial charge is 0.469 e. The van der Waals surface area contributed by atoms with E-state index < -0.39 is 0 Å². The second kappa shape index (κ2) is 12.1. The molecular weight excluding hydrogens is 372 g/mol. The third kappa shape index (κ3) is 7.68. The van der Waals surface area contributed by atoms with Gasteiger partial charge in [0.15, 0.2) is 5.96 Å². The molecule has 0 aliphatic carbocycles. The number of nitrogens with one attached hydrogen (secondary N) is 2.